The molecule has 2 N–H and O–H groups in total. The molecule has 19 heavy (non-hydrogen) atoms. The number of nitrogens with one attached hydrogen (secondary N) is 2. The minimum Gasteiger partial charge on any atom is -0.492 e. The lowest BCUT2D eigenvalue weighted by Gasteiger charge is -2.12. The minimum atomic E-state index is 0. The first-order chi connectivity index (χ1) is 8.63. The van der Waals surface area contributed by atoms with Crippen LogP contribution in [0, 0.1) is 0 Å². The standard InChI is InChI=1S/C13H19BrN2O2.ClH/c1-10(15-2)9-16-13(17)7-8-18-12-6-4-3-5-11(12)14;/h3-6,10,15H,7-9H2,1-2H3,(H,16,17);1H. The van der Waals surface area contributed by atoms with E-state index in [-0.39, 0.29) is 24.4 Å². The molecule has 1 amide bonds. The number of halogens is 2. The molecule has 1 rings (SSSR count). The van der Waals surface area contributed by atoms with E-state index in [9.17, 15) is 4.79 Å². The van der Waals surface area contributed by atoms with Gasteiger partial charge in [-0.15, -0.1) is 12.4 Å². The quantitative estimate of drug-likeness (QED) is 0.793. The van der Waals surface area contributed by atoms with Gasteiger partial charge in [-0.3, -0.25) is 4.79 Å². The van der Waals surface area contributed by atoms with Gasteiger partial charge in [0.2, 0.25) is 5.91 Å². The summed E-state index contributed by atoms with van der Waals surface area (Å²) in [6.45, 7) is 3.02. The van der Waals surface area contributed by atoms with Crippen LogP contribution >= 0.6 is 28.3 Å². The van der Waals surface area contributed by atoms with Crippen molar-refractivity contribution in [1.29, 1.82) is 0 Å². The second-order valence-corrected chi connectivity index (χ2v) is 4.88. The van der Waals surface area contributed by atoms with Crippen molar-refractivity contribution in [3.05, 3.63) is 28.7 Å². The SMILES string of the molecule is CNC(C)CNC(=O)CCOc1ccccc1Br.Cl. The van der Waals surface area contributed by atoms with E-state index in [0.29, 0.717) is 19.6 Å². The van der Waals surface area contributed by atoms with Gasteiger partial charge in [0.1, 0.15) is 5.75 Å². The van der Waals surface area contributed by atoms with Crippen LogP contribution in [0.3, 0.4) is 0 Å². The summed E-state index contributed by atoms with van der Waals surface area (Å²) < 4.78 is 6.41. The van der Waals surface area contributed by atoms with E-state index in [1.165, 1.54) is 0 Å². The van der Waals surface area contributed by atoms with Crippen LogP contribution in [-0.2, 0) is 4.79 Å². The summed E-state index contributed by atoms with van der Waals surface area (Å²) in [5.74, 6) is 0.762. The fraction of sp³-hybridized carbons (Fsp3) is 0.462. The molecular formula is C13H20BrClN2O2. The molecule has 0 bridgehead atoms. The molecule has 0 radical (unpaired) electrons. The van der Waals surface area contributed by atoms with Crippen molar-refractivity contribution in [2.24, 2.45) is 0 Å². The van der Waals surface area contributed by atoms with Crippen molar-refractivity contribution in [2.45, 2.75) is 19.4 Å². The molecule has 0 aliphatic rings. The Morgan fingerprint density at radius 1 is 1.42 bits per heavy atom. The Labute approximate surface area is 128 Å². The van der Waals surface area contributed by atoms with Crippen LogP contribution in [0.1, 0.15) is 13.3 Å². The van der Waals surface area contributed by atoms with Crippen LogP contribution in [0.4, 0.5) is 0 Å². The molecule has 1 atom stereocenters. The molecule has 4 nitrogen and oxygen atoms in total. The molecule has 0 spiro atoms. The van der Waals surface area contributed by atoms with Crippen LogP contribution in [0.2, 0.25) is 0 Å². The molecule has 0 aliphatic heterocycles. The average Bonchev–Trinajstić information content (AvgIpc) is 2.38. The predicted molar refractivity (Wildman–Crippen MR) is 83.0 cm³/mol. The lowest BCUT2D eigenvalue weighted by Crippen LogP contribution is -2.37. The number of carbonyl (C=O) groups is 1. The smallest absolute Gasteiger partial charge is 0.223 e. The summed E-state index contributed by atoms with van der Waals surface area (Å²) in [7, 11) is 1.87. The number of benzene rings is 1. The van der Waals surface area contributed by atoms with E-state index in [1.807, 2.05) is 38.2 Å². The first-order valence-electron chi connectivity index (χ1n) is 5.94. The van der Waals surface area contributed by atoms with Crippen molar-refractivity contribution in [3.63, 3.8) is 0 Å². The number of ether oxygens (including phenoxy) is 1. The van der Waals surface area contributed by atoms with Crippen LogP contribution in [0.25, 0.3) is 0 Å². The maximum Gasteiger partial charge on any atom is 0.223 e. The van der Waals surface area contributed by atoms with E-state index in [0.717, 1.165) is 10.2 Å². The van der Waals surface area contributed by atoms with Crippen molar-refractivity contribution >= 4 is 34.2 Å². The van der Waals surface area contributed by atoms with E-state index in [1.54, 1.807) is 0 Å². The van der Waals surface area contributed by atoms with Gasteiger partial charge in [0, 0.05) is 12.6 Å². The molecular weight excluding hydrogens is 332 g/mol. The van der Waals surface area contributed by atoms with Crippen LogP contribution in [0.15, 0.2) is 28.7 Å². The monoisotopic (exact) mass is 350 g/mol. The third-order valence-electron chi connectivity index (χ3n) is 2.52. The van der Waals surface area contributed by atoms with Crippen molar-refractivity contribution < 1.29 is 9.53 Å². The zero-order valence-electron chi connectivity index (χ0n) is 11.1. The zero-order valence-corrected chi connectivity index (χ0v) is 13.5. The van der Waals surface area contributed by atoms with Crippen molar-refractivity contribution in [3.8, 4) is 5.75 Å². The lowest BCUT2D eigenvalue weighted by atomic mass is 10.3. The maximum atomic E-state index is 11.5. The number of amides is 1. The lowest BCUT2D eigenvalue weighted by molar-refractivity contribution is -0.121. The van der Waals surface area contributed by atoms with Gasteiger partial charge in [-0.25, -0.2) is 0 Å². The molecule has 0 heterocycles. The topological polar surface area (TPSA) is 50.4 Å². The largest absolute Gasteiger partial charge is 0.492 e. The summed E-state index contributed by atoms with van der Waals surface area (Å²) in [6, 6.07) is 7.87. The van der Waals surface area contributed by atoms with Gasteiger partial charge >= 0.3 is 0 Å². The molecule has 1 unspecified atom stereocenters. The number of rotatable bonds is 7. The number of hydrogen-bond donors (Lipinski definition) is 2. The molecule has 0 fully saturated rings. The molecule has 108 valence electrons. The molecule has 0 aliphatic carbocycles. The molecule has 0 aromatic heterocycles. The highest BCUT2D eigenvalue weighted by Crippen LogP contribution is 2.23. The second-order valence-electron chi connectivity index (χ2n) is 4.02. The normalized spacial score (nSPS) is 11.3. The van der Waals surface area contributed by atoms with Crippen LogP contribution < -0.4 is 15.4 Å². The van der Waals surface area contributed by atoms with Crippen molar-refractivity contribution in [1.82, 2.24) is 10.6 Å². The predicted octanol–water partition coefficient (Wildman–Crippen LogP) is 2.36. The Bertz CT molecular complexity index is 391. The summed E-state index contributed by atoms with van der Waals surface area (Å²) in [6.07, 6.45) is 0.359. The fourth-order valence-corrected chi connectivity index (χ4v) is 1.67. The number of likely N-dealkylation sites (N-methyl/N-ethyl adjacent to an activating group) is 1. The highest BCUT2D eigenvalue weighted by atomic mass is 79.9. The summed E-state index contributed by atoms with van der Waals surface area (Å²) in [5, 5.41) is 5.90. The summed E-state index contributed by atoms with van der Waals surface area (Å²) >= 11 is 3.39. The highest BCUT2D eigenvalue weighted by molar-refractivity contribution is 9.10. The summed E-state index contributed by atoms with van der Waals surface area (Å²) in [4.78, 5) is 11.5. The Morgan fingerprint density at radius 3 is 2.74 bits per heavy atom. The number of para-hydroxylation sites is 1. The van der Waals surface area contributed by atoms with Gasteiger partial charge in [0.25, 0.3) is 0 Å². The van der Waals surface area contributed by atoms with Gasteiger partial charge in [0.15, 0.2) is 0 Å². The first-order valence-corrected chi connectivity index (χ1v) is 6.74. The van der Waals surface area contributed by atoms with Crippen LogP contribution in [-0.4, -0.2) is 32.1 Å². The van der Waals surface area contributed by atoms with Gasteiger partial charge < -0.3 is 15.4 Å². The third kappa shape index (κ3) is 7.40. The maximum absolute atomic E-state index is 11.5. The molecule has 0 saturated heterocycles. The number of hydrogen-bond acceptors (Lipinski definition) is 3. The highest BCUT2D eigenvalue weighted by Gasteiger charge is 2.05. The Hall–Kier alpha value is -0.780. The number of carbonyl (C=O) groups excluding carboxylic acids is 1. The van der Waals surface area contributed by atoms with E-state index in [4.69, 9.17) is 4.74 Å². The molecule has 0 saturated carbocycles. The van der Waals surface area contributed by atoms with E-state index in [2.05, 4.69) is 26.6 Å². The minimum absolute atomic E-state index is 0. The van der Waals surface area contributed by atoms with Gasteiger partial charge in [-0.2, -0.15) is 0 Å². The third-order valence-corrected chi connectivity index (χ3v) is 3.18. The average molecular weight is 352 g/mol. The van der Waals surface area contributed by atoms with Gasteiger partial charge in [-0.1, -0.05) is 12.1 Å². The Kier molecular flexibility index (Phi) is 9.65. The molecule has 1 aromatic rings. The fourth-order valence-electron chi connectivity index (χ4n) is 1.27. The van der Waals surface area contributed by atoms with Crippen molar-refractivity contribution in [2.75, 3.05) is 20.2 Å². The van der Waals surface area contributed by atoms with Gasteiger partial charge in [-0.05, 0) is 42.0 Å². The summed E-state index contributed by atoms with van der Waals surface area (Å²) in [5.41, 5.74) is 0. The first kappa shape index (κ1) is 18.2. The molecule has 1 aromatic carbocycles. The Balaban J connectivity index is 0.00000324. The van der Waals surface area contributed by atoms with E-state index < -0.39 is 0 Å². The second kappa shape index (κ2) is 10.1. The Morgan fingerprint density at radius 2 is 2.11 bits per heavy atom. The zero-order chi connectivity index (χ0) is 13.4. The van der Waals surface area contributed by atoms with Crippen LogP contribution in [0.5, 0.6) is 5.75 Å². The van der Waals surface area contributed by atoms with Gasteiger partial charge in [0.05, 0.1) is 17.5 Å². The molecule has 6 heteroatoms. The van der Waals surface area contributed by atoms with E-state index >= 15 is 0 Å².